The summed E-state index contributed by atoms with van der Waals surface area (Å²) in [5.41, 5.74) is 11.2. The maximum absolute atomic E-state index is 10.1. The molecule has 0 fully saturated rings. The van der Waals surface area contributed by atoms with E-state index in [1.165, 1.54) is 0 Å². The Morgan fingerprint density at radius 1 is 1.47 bits per heavy atom. The number of rotatable bonds is 5. The van der Waals surface area contributed by atoms with Crippen molar-refractivity contribution in [3.63, 3.8) is 0 Å². The fourth-order valence-corrected chi connectivity index (χ4v) is 0.881. The first-order valence-electron chi connectivity index (χ1n) is 5.24. The lowest BCUT2D eigenvalue weighted by Crippen LogP contribution is -2.29. The summed E-state index contributed by atoms with van der Waals surface area (Å²) in [6, 6.07) is -0.716. The Balaban J connectivity index is 0.000000318. The van der Waals surface area contributed by atoms with Gasteiger partial charge in [0.2, 0.25) is 0 Å². The number of carbonyl (C=O) groups is 1. The van der Waals surface area contributed by atoms with Gasteiger partial charge in [-0.05, 0) is 36.7 Å². The molecule has 8 nitrogen and oxygen atoms in total. The van der Waals surface area contributed by atoms with Gasteiger partial charge in [-0.2, -0.15) is 0 Å². The topological polar surface area (TPSA) is 141 Å². The first-order valence-corrected chi connectivity index (χ1v) is 5.24. The van der Waals surface area contributed by atoms with Crippen molar-refractivity contribution < 1.29 is 9.90 Å². The Bertz CT molecular complexity index is 308. The molecule has 0 saturated heterocycles. The molecule has 0 spiro atoms. The van der Waals surface area contributed by atoms with Crippen LogP contribution in [-0.2, 0) is 4.79 Å². The highest BCUT2D eigenvalue weighted by Gasteiger charge is 2.09. The van der Waals surface area contributed by atoms with Gasteiger partial charge in [-0.25, -0.2) is 0 Å². The molecule has 0 aliphatic carbocycles. The van der Waals surface area contributed by atoms with E-state index in [0.29, 0.717) is 13.0 Å². The van der Waals surface area contributed by atoms with Crippen molar-refractivity contribution >= 4 is 5.97 Å². The molecule has 1 heterocycles. The van der Waals surface area contributed by atoms with Crippen LogP contribution in [0, 0.1) is 6.92 Å². The maximum Gasteiger partial charge on any atom is 0.320 e. The highest BCUT2D eigenvalue weighted by Crippen LogP contribution is 1.96. The van der Waals surface area contributed by atoms with E-state index in [2.05, 4.69) is 20.6 Å². The molecule has 8 heteroatoms. The number of aryl methyl sites for hydroxylation is 1. The van der Waals surface area contributed by atoms with E-state index in [-0.39, 0.29) is 0 Å². The number of hydrogen-bond acceptors (Lipinski definition) is 7. The minimum absolute atomic E-state index is 0.520. The van der Waals surface area contributed by atoms with Crippen LogP contribution < -0.4 is 11.5 Å². The van der Waals surface area contributed by atoms with Crippen molar-refractivity contribution in [1.29, 1.82) is 0 Å². The van der Waals surface area contributed by atoms with Crippen molar-refractivity contribution in [2.75, 3.05) is 6.54 Å². The zero-order chi connectivity index (χ0) is 13.1. The van der Waals surface area contributed by atoms with Gasteiger partial charge < -0.3 is 16.6 Å². The van der Waals surface area contributed by atoms with E-state index < -0.39 is 12.0 Å². The summed E-state index contributed by atoms with van der Waals surface area (Å²) in [6.07, 6.45) is 3.71. The van der Waals surface area contributed by atoms with Crippen LogP contribution in [0.5, 0.6) is 0 Å². The summed E-state index contributed by atoms with van der Waals surface area (Å²) in [5.74, 6) is -0.933. The summed E-state index contributed by atoms with van der Waals surface area (Å²) in [5, 5.41) is 21.8. The Morgan fingerprint density at radius 3 is 2.53 bits per heavy atom. The van der Waals surface area contributed by atoms with E-state index in [9.17, 15) is 4.79 Å². The van der Waals surface area contributed by atoms with E-state index >= 15 is 0 Å². The molecule has 0 amide bonds. The van der Waals surface area contributed by atoms with Crippen LogP contribution in [0.25, 0.3) is 0 Å². The SMILES string of the molecule is Cc1cnnnn1.NCCCCC(N)C(=O)O. The number of nitrogens with two attached hydrogens (primary N) is 2. The van der Waals surface area contributed by atoms with Gasteiger partial charge in [0, 0.05) is 0 Å². The number of carboxylic acids is 1. The van der Waals surface area contributed by atoms with Gasteiger partial charge in [0.1, 0.15) is 6.04 Å². The summed E-state index contributed by atoms with van der Waals surface area (Å²) < 4.78 is 0. The molecule has 96 valence electrons. The highest BCUT2D eigenvalue weighted by atomic mass is 16.4. The number of carboxylic acid groups (broad SMARTS) is 1. The number of unbranched alkanes of at least 4 members (excludes halogenated alkanes) is 1. The Kier molecular flexibility index (Phi) is 8.61. The molecule has 0 aliphatic heterocycles. The van der Waals surface area contributed by atoms with Crippen LogP contribution >= 0.6 is 0 Å². The lowest BCUT2D eigenvalue weighted by Gasteiger charge is -2.03. The fourth-order valence-electron chi connectivity index (χ4n) is 0.881. The van der Waals surface area contributed by atoms with E-state index in [1.807, 2.05) is 6.92 Å². The molecule has 17 heavy (non-hydrogen) atoms. The number of aromatic nitrogens is 4. The fraction of sp³-hybridized carbons (Fsp3) is 0.667. The van der Waals surface area contributed by atoms with E-state index in [1.54, 1.807) is 6.20 Å². The first kappa shape index (κ1) is 15.3. The van der Waals surface area contributed by atoms with E-state index in [4.69, 9.17) is 16.6 Å². The van der Waals surface area contributed by atoms with Crippen molar-refractivity contribution in [2.24, 2.45) is 11.5 Å². The molecular weight excluding hydrogens is 224 g/mol. The number of nitrogens with zero attached hydrogens (tertiary/aromatic N) is 4. The van der Waals surface area contributed by atoms with Crippen LogP contribution in [0.4, 0.5) is 0 Å². The van der Waals surface area contributed by atoms with Gasteiger partial charge in [0.15, 0.2) is 0 Å². The third-order valence-electron chi connectivity index (χ3n) is 1.83. The Morgan fingerprint density at radius 2 is 2.18 bits per heavy atom. The maximum atomic E-state index is 10.1. The van der Waals surface area contributed by atoms with Gasteiger partial charge in [0.25, 0.3) is 0 Å². The summed E-state index contributed by atoms with van der Waals surface area (Å²) in [4.78, 5) is 10.1. The monoisotopic (exact) mass is 242 g/mol. The zero-order valence-electron chi connectivity index (χ0n) is 9.78. The second kappa shape index (κ2) is 9.55. The summed E-state index contributed by atoms with van der Waals surface area (Å²) in [7, 11) is 0. The molecule has 0 saturated carbocycles. The molecule has 0 aromatic carbocycles. The minimum Gasteiger partial charge on any atom is -0.480 e. The molecule has 1 aromatic heterocycles. The molecule has 5 N–H and O–H groups in total. The summed E-state index contributed by atoms with van der Waals surface area (Å²) >= 11 is 0. The molecule has 0 radical (unpaired) electrons. The average Bonchev–Trinajstić information content (AvgIpc) is 2.31. The molecule has 1 rings (SSSR count). The second-order valence-corrected chi connectivity index (χ2v) is 3.39. The van der Waals surface area contributed by atoms with Gasteiger partial charge in [-0.15, -0.1) is 10.2 Å². The lowest BCUT2D eigenvalue weighted by atomic mass is 10.1. The molecule has 1 unspecified atom stereocenters. The molecule has 1 atom stereocenters. The van der Waals surface area contributed by atoms with E-state index in [0.717, 1.165) is 18.5 Å². The standard InChI is InChI=1S/C6H14N2O2.C3H4N4/c7-4-2-1-3-5(8)6(9)10;1-3-2-4-6-7-5-3/h5H,1-4,7-8H2,(H,9,10);2H,1H3. The van der Waals surface area contributed by atoms with Crippen molar-refractivity contribution in [1.82, 2.24) is 20.6 Å². The van der Waals surface area contributed by atoms with Crippen molar-refractivity contribution in [3.8, 4) is 0 Å². The Hall–Kier alpha value is -1.67. The third kappa shape index (κ3) is 9.27. The lowest BCUT2D eigenvalue weighted by molar-refractivity contribution is -0.138. The van der Waals surface area contributed by atoms with Gasteiger partial charge in [0.05, 0.1) is 11.9 Å². The normalized spacial score (nSPS) is 11.2. The van der Waals surface area contributed by atoms with Crippen LogP contribution in [0.1, 0.15) is 25.0 Å². The van der Waals surface area contributed by atoms with Crippen molar-refractivity contribution in [2.45, 2.75) is 32.2 Å². The quantitative estimate of drug-likeness (QED) is 0.564. The Labute approximate surface area is 99.4 Å². The van der Waals surface area contributed by atoms with Gasteiger partial charge in [-0.3, -0.25) is 4.79 Å². The largest absolute Gasteiger partial charge is 0.480 e. The van der Waals surface area contributed by atoms with Gasteiger partial charge >= 0.3 is 5.97 Å². The third-order valence-corrected chi connectivity index (χ3v) is 1.83. The van der Waals surface area contributed by atoms with Crippen molar-refractivity contribution in [3.05, 3.63) is 11.9 Å². The molecule has 0 bridgehead atoms. The number of hydrogen-bond donors (Lipinski definition) is 3. The smallest absolute Gasteiger partial charge is 0.320 e. The summed E-state index contributed by atoms with van der Waals surface area (Å²) in [6.45, 7) is 2.41. The van der Waals surface area contributed by atoms with Crippen LogP contribution in [0.2, 0.25) is 0 Å². The predicted octanol–water partition coefficient (Wildman–Crippen LogP) is -0.898. The number of aliphatic carboxylic acids is 1. The predicted molar refractivity (Wildman–Crippen MR) is 60.9 cm³/mol. The van der Waals surface area contributed by atoms with Crippen LogP contribution in [-0.4, -0.2) is 44.3 Å². The molecular formula is C9H18N6O2. The molecule has 1 aromatic rings. The van der Waals surface area contributed by atoms with Crippen LogP contribution in [0.3, 0.4) is 0 Å². The zero-order valence-corrected chi connectivity index (χ0v) is 9.78. The van der Waals surface area contributed by atoms with Gasteiger partial charge in [-0.1, -0.05) is 6.42 Å². The average molecular weight is 242 g/mol. The minimum atomic E-state index is -0.933. The highest BCUT2D eigenvalue weighted by molar-refractivity contribution is 5.72. The molecule has 0 aliphatic rings. The van der Waals surface area contributed by atoms with Crippen LogP contribution in [0.15, 0.2) is 6.20 Å². The second-order valence-electron chi connectivity index (χ2n) is 3.39. The first-order chi connectivity index (χ1) is 8.07.